The smallest absolute Gasteiger partial charge is 0.261 e. The van der Waals surface area contributed by atoms with E-state index in [2.05, 4.69) is 0 Å². The molecule has 0 unspecified atom stereocenters. The van der Waals surface area contributed by atoms with Crippen molar-refractivity contribution in [2.24, 2.45) is 0 Å². The number of amides is 2. The zero-order chi connectivity index (χ0) is 17.1. The molecule has 1 aliphatic rings. The summed E-state index contributed by atoms with van der Waals surface area (Å²) in [7, 11) is 0. The number of rotatable bonds is 6. The SMILES string of the molecule is C[C@@H](C[C@H](C)N1C(=O)c2ccccc2C1=O)OCc1ccccc1. The second-order valence-electron chi connectivity index (χ2n) is 6.22. The van der Waals surface area contributed by atoms with Crippen molar-refractivity contribution in [1.82, 2.24) is 4.90 Å². The Morgan fingerprint density at radius 2 is 1.42 bits per heavy atom. The molecule has 0 aromatic heterocycles. The quantitative estimate of drug-likeness (QED) is 0.762. The van der Waals surface area contributed by atoms with Crippen molar-refractivity contribution in [2.75, 3.05) is 0 Å². The Morgan fingerprint density at radius 1 is 0.875 bits per heavy atom. The van der Waals surface area contributed by atoms with Crippen molar-refractivity contribution in [1.29, 1.82) is 0 Å². The topological polar surface area (TPSA) is 46.6 Å². The molecular formula is C20H21NO3. The van der Waals surface area contributed by atoms with Crippen LogP contribution in [-0.2, 0) is 11.3 Å². The van der Waals surface area contributed by atoms with E-state index in [0.29, 0.717) is 24.2 Å². The standard InChI is InChI=1S/C20H21NO3/c1-14(12-15(2)24-13-16-8-4-3-5-9-16)21-19(22)17-10-6-7-11-18(17)20(21)23/h3-11,14-15H,12-13H2,1-2H3/t14-,15-/m0/s1. The fraction of sp³-hybridized carbons (Fsp3) is 0.300. The summed E-state index contributed by atoms with van der Waals surface area (Å²) < 4.78 is 5.86. The lowest BCUT2D eigenvalue weighted by Crippen LogP contribution is -2.39. The lowest BCUT2D eigenvalue weighted by molar-refractivity contribution is 0.0269. The molecule has 0 saturated heterocycles. The van der Waals surface area contributed by atoms with E-state index in [1.54, 1.807) is 24.3 Å². The molecule has 0 spiro atoms. The molecule has 0 aliphatic carbocycles. The molecule has 0 saturated carbocycles. The van der Waals surface area contributed by atoms with Gasteiger partial charge in [0, 0.05) is 6.04 Å². The molecule has 2 aromatic carbocycles. The molecule has 4 heteroatoms. The summed E-state index contributed by atoms with van der Waals surface area (Å²) in [5.74, 6) is -0.420. The number of carbonyl (C=O) groups excluding carboxylic acids is 2. The first-order chi connectivity index (χ1) is 11.6. The Bertz CT molecular complexity index is 707. The highest BCUT2D eigenvalue weighted by atomic mass is 16.5. The number of benzene rings is 2. The minimum absolute atomic E-state index is 0.0514. The molecule has 3 rings (SSSR count). The number of fused-ring (bicyclic) bond motifs is 1. The summed E-state index contributed by atoms with van der Waals surface area (Å²) in [5.41, 5.74) is 2.09. The van der Waals surface area contributed by atoms with Gasteiger partial charge < -0.3 is 4.74 Å². The third-order valence-corrected chi connectivity index (χ3v) is 4.32. The first kappa shape index (κ1) is 16.4. The van der Waals surface area contributed by atoms with Crippen LogP contribution in [0.1, 0.15) is 46.5 Å². The zero-order valence-corrected chi connectivity index (χ0v) is 13.9. The molecule has 1 aliphatic heterocycles. The molecule has 1 heterocycles. The maximum atomic E-state index is 12.5. The minimum atomic E-state index is -0.210. The van der Waals surface area contributed by atoms with E-state index in [0.717, 1.165) is 5.56 Å². The van der Waals surface area contributed by atoms with Crippen LogP contribution in [0.25, 0.3) is 0 Å². The molecular weight excluding hydrogens is 302 g/mol. The number of hydrogen-bond donors (Lipinski definition) is 0. The lowest BCUT2D eigenvalue weighted by atomic mass is 10.1. The number of ether oxygens (including phenoxy) is 1. The molecule has 24 heavy (non-hydrogen) atoms. The summed E-state index contributed by atoms with van der Waals surface area (Å²) in [5, 5.41) is 0. The third-order valence-electron chi connectivity index (χ3n) is 4.32. The summed E-state index contributed by atoms with van der Waals surface area (Å²) in [6.07, 6.45) is 0.558. The maximum absolute atomic E-state index is 12.5. The average molecular weight is 323 g/mol. The van der Waals surface area contributed by atoms with Gasteiger partial charge in [0.25, 0.3) is 11.8 Å². The van der Waals surface area contributed by atoms with Crippen LogP contribution in [0, 0.1) is 0 Å². The summed E-state index contributed by atoms with van der Waals surface area (Å²) in [6, 6.07) is 16.7. The van der Waals surface area contributed by atoms with Gasteiger partial charge in [0.2, 0.25) is 0 Å². The molecule has 2 atom stereocenters. The third kappa shape index (κ3) is 3.24. The van der Waals surface area contributed by atoms with Gasteiger partial charge in [-0.15, -0.1) is 0 Å². The monoisotopic (exact) mass is 323 g/mol. The largest absolute Gasteiger partial charge is 0.374 e. The fourth-order valence-electron chi connectivity index (χ4n) is 3.07. The molecule has 124 valence electrons. The lowest BCUT2D eigenvalue weighted by Gasteiger charge is -2.25. The van der Waals surface area contributed by atoms with Gasteiger partial charge in [0.05, 0.1) is 23.8 Å². The number of imide groups is 1. The minimum Gasteiger partial charge on any atom is -0.374 e. The molecule has 0 radical (unpaired) electrons. The van der Waals surface area contributed by atoms with Gasteiger partial charge in [-0.1, -0.05) is 42.5 Å². The summed E-state index contributed by atoms with van der Waals surface area (Å²) >= 11 is 0. The van der Waals surface area contributed by atoms with Crippen LogP contribution in [0.15, 0.2) is 54.6 Å². The second kappa shape index (κ2) is 6.97. The van der Waals surface area contributed by atoms with Gasteiger partial charge in [0.15, 0.2) is 0 Å². The Labute approximate surface area is 142 Å². The zero-order valence-electron chi connectivity index (χ0n) is 13.9. The molecule has 2 aromatic rings. The molecule has 0 bridgehead atoms. The second-order valence-corrected chi connectivity index (χ2v) is 6.22. The van der Waals surface area contributed by atoms with Crippen molar-refractivity contribution in [3.8, 4) is 0 Å². The predicted molar refractivity (Wildman–Crippen MR) is 91.7 cm³/mol. The average Bonchev–Trinajstić information content (AvgIpc) is 2.85. The van der Waals surface area contributed by atoms with Crippen LogP contribution in [0.4, 0.5) is 0 Å². The van der Waals surface area contributed by atoms with E-state index in [1.165, 1.54) is 4.90 Å². The van der Waals surface area contributed by atoms with Gasteiger partial charge in [-0.2, -0.15) is 0 Å². The fourth-order valence-corrected chi connectivity index (χ4v) is 3.07. The molecule has 4 nitrogen and oxygen atoms in total. The van der Waals surface area contributed by atoms with E-state index < -0.39 is 0 Å². The van der Waals surface area contributed by atoms with Gasteiger partial charge in [-0.25, -0.2) is 0 Å². The van der Waals surface area contributed by atoms with E-state index in [9.17, 15) is 9.59 Å². The van der Waals surface area contributed by atoms with Gasteiger partial charge in [-0.05, 0) is 38.0 Å². The van der Waals surface area contributed by atoms with Crippen LogP contribution >= 0.6 is 0 Å². The van der Waals surface area contributed by atoms with Crippen molar-refractivity contribution in [3.63, 3.8) is 0 Å². The first-order valence-corrected chi connectivity index (χ1v) is 8.20. The highest BCUT2D eigenvalue weighted by molar-refractivity contribution is 6.21. The molecule has 0 N–H and O–H groups in total. The van der Waals surface area contributed by atoms with Crippen molar-refractivity contribution in [2.45, 2.75) is 39.0 Å². The van der Waals surface area contributed by atoms with Gasteiger partial charge in [-0.3, -0.25) is 14.5 Å². The summed E-state index contributed by atoms with van der Waals surface area (Å²) in [4.78, 5) is 26.3. The maximum Gasteiger partial charge on any atom is 0.261 e. The van der Waals surface area contributed by atoms with Crippen LogP contribution in [0.3, 0.4) is 0 Å². The Hall–Kier alpha value is -2.46. The van der Waals surface area contributed by atoms with Crippen molar-refractivity contribution in [3.05, 3.63) is 71.3 Å². The Kier molecular flexibility index (Phi) is 4.76. The van der Waals surface area contributed by atoms with Crippen LogP contribution < -0.4 is 0 Å². The number of hydrogen-bond acceptors (Lipinski definition) is 3. The van der Waals surface area contributed by atoms with Crippen LogP contribution in [-0.4, -0.2) is 28.9 Å². The highest BCUT2D eigenvalue weighted by Gasteiger charge is 2.38. The predicted octanol–water partition coefficient (Wildman–Crippen LogP) is 3.67. The molecule has 2 amide bonds. The summed E-state index contributed by atoms with van der Waals surface area (Å²) in [6.45, 7) is 4.39. The Balaban J connectivity index is 1.60. The molecule has 0 fully saturated rings. The van der Waals surface area contributed by atoms with Crippen molar-refractivity contribution < 1.29 is 14.3 Å². The highest BCUT2D eigenvalue weighted by Crippen LogP contribution is 2.26. The van der Waals surface area contributed by atoms with E-state index in [4.69, 9.17) is 4.74 Å². The van der Waals surface area contributed by atoms with Gasteiger partial charge in [0.1, 0.15) is 0 Å². The van der Waals surface area contributed by atoms with Crippen molar-refractivity contribution >= 4 is 11.8 Å². The van der Waals surface area contributed by atoms with E-state index in [-0.39, 0.29) is 24.0 Å². The number of carbonyl (C=O) groups is 2. The van der Waals surface area contributed by atoms with Crippen LogP contribution in [0.2, 0.25) is 0 Å². The normalized spacial score (nSPS) is 16.2. The van der Waals surface area contributed by atoms with E-state index in [1.807, 2.05) is 44.2 Å². The van der Waals surface area contributed by atoms with E-state index >= 15 is 0 Å². The van der Waals surface area contributed by atoms with Gasteiger partial charge >= 0.3 is 0 Å². The van der Waals surface area contributed by atoms with Crippen LogP contribution in [0.5, 0.6) is 0 Å². The number of nitrogens with zero attached hydrogens (tertiary/aromatic N) is 1. The Morgan fingerprint density at radius 3 is 2.00 bits per heavy atom. The first-order valence-electron chi connectivity index (χ1n) is 8.20.